The van der Waals surface area contributed by atoms with Crippen LogP contribution in [0, 0.1) is 6.92 Å². The van der Waals surface area contributed by atoms with E-state index in [1.807, 2.05) is 31.2 Å². The van der Waals surface area contributed by atoms with Crippen molar-refractivity contribution in [2.75, 3.05) is 5.75 Å². The number of aromatic nitrogens is 2. The maximum Gasteiger partial charge on any atom is 0.173 e. The van der Waals surface area contributed by atoms with Crippen LogP contribution in [-0.4, -0.2) is 21.5 Å². The van der Waals surface area contributed by atoms with Crippen LogP contribution in [-0.2, 0) is 0 Å². The molecule has 1 aromatic heterocycles. The SMILES string of the molecule is Cc1cc(SCC(=O)c2ccc(Cl)cc2)nc(-c2cccc(Cl)c2)n1. The Labute approximate surface area is 160 Å². The fourth-order valence-electron chi connectivity index (χ4n) is 2.23. The van der Waals surface area contributed by atoms with Gasteiger partial charge >= 0.3 is 0 Å². The smallest absolute Gasteiger partial charge is 0.173 e. The average molecular weight is 389 g/mol. The summed E-state index contributed by atoms with van der Waals surface area (Å²) in [6, 6.07) is 16.2. The highest BCUT2D eigenvalue weighted by Crippen LogP contribution is 2.24. The molecule has 0 radical (unpaired) electrons. The summed E-state index contributed by atoms with van der Waals surface area (Å²) in [4.78, 5) is 21.3. The topological polar surface area (TPSA) is 42.9 Å². The fourth-order valence-corrected chi connectivity index (χ4v) is 3.40. The minimum atomic E-state index is 0.0298. The number of Topliss-reactive ketones (excluding diaryl/α,β-unsaturated/α-hetero) is 1. The number of rotatable bonds is 5. The number of carbonyl (C=O) groups excluding carboxylic acids is 1. The van der Waals surface area contributed by atoms with Gasteiger partial charge in [0.1, 0.15) is 5.03 Å². The zero-order valence-electron chi connectivity index (χ0n) is 13.4. The molecular formula is C19H14Cl2N2OS. The summed E-state index contributed by atoms with van der Waals surface area (Å²) in [5.74, 6) is 0.929. The third-order valence-electron chi connectivity index (χ3n) is 3.43. The quantitative estimate of drug-likeness (QED) is 0.317. The summed E-state index contributed by atoms with van der Waals surface area (Å²) in [6.45, 7) is 1.90. The van der Waals surface area contributed by atoms with Crippen molar-refractivity contribution in [3.05, 3.63) is 75.9 Å². The highest BCUT2D eigenvalue weighted by atomic mass is 35.5. The van der Waals surface area contributed by atoms with E-state index in [4.69, 9.17) is 23.2 Å². The van der Waals surface area contributed by atoms with Crippen LogP contribution in [0.1, 0.15) is 16.1 Å². The third kappa shape index (κ3) is 4.82. The molecule has 0 atom stereocenters. The van der Waals surface area contributed by atoms with E-state index in [0.29, 0.717) is 27.2 Å². The zero-order chi connectivity index (χ0) is 17.8. The lowest BCUT2D eigenvalue weighted by atomic mass is 10.1. The van der Waals surface area contributed by atoms with Gasteiger partial charge in [0, 0.05) is 26.9 Å². The van der Waals surface area contributed by atoms with Crippen molar-refractivity contribution in [3.8, 4) is 11.4 Å². The second kappa shape index (κ2) is 8.00. The van der Waals surface area contributed by atoms with Gasteiger partial charge in [0.15, 0.2) is 11.6 Å². The second-order valence-corrected chi connectivity index (χ2v) is 7.27. The molecule has 0 spiro atoms. The number of halogens is 2. The minimum absolute atomic E-state index is 0.0298. The van der Waals surface area contributed by atoms with Crippen molar-refractivity contribution >= 4 is 40.7 Å². The van der Waals surface area contributed by atoms with E-state index < -0.39 is 0 Å². The molecule has 3 rings (SSSR count). The van der Waals surface area contributed by atoms with Crippen LogP contribution in [0.15, 0.2) is 59.6 Å². The van der Waals surface area contributed by atoms with Crippen LogP contribution >= 0.6 is 35.0 Å². The highest BCUT2D eigenvalue weighted by molar-refractivity contribution is 7.99. The second-order valence-electron chi connectivity index (χ2n) is 5.40. The highest BCUT2D eigenvalue weighted by Gasteiger charge is 2.10. The summed E-state index contributed by atoms with van der Waals surface area (Å²) in [7, 11) is 0. The molecule has 0 N–H and O–H groups in total. The van der Waals surface area contributed by atoms with Crippen molar-refractivity contribution in [2.45, 2.75) is 11.9 Å². The molecule has 6 heteroatoms. The molecule has 0 bridgehead atoms. The van der Waals surface area contributed by atoms with Crippen molar-refractivity contribution in [3.63, 3.8) is 0 Å². The minimum Gasteiger partial charge on any atom is -0.293 e. The van der Waals surface area contributed by atoms with Gasteiger partial charge in [-0.1, -0.05) is 47.1 Å². The van der Waals surface area contributed by atoms with E-state index in [2.05, 4.69) is 9.97 Å². The van der Waals surface area contributed by atoms with Crippen LogP contribution in [0.25, 0.3) is 11.4 Å². The first kappa shape index (κ1) is 17.9. The number of nitrogens with zero attached hydrogens (tertiary/aromatic N) is 2. The molecule has 0 aliphatic rings. The number of thioether (sulfide) groups is 1. The van der Waals surface area contributed by atoms with Crippen LogP contribution < -0.4 is 0 Å². The summed E-state index contributed by atoms with van der Waals surface area (Å²) in [5.41, 5.74) is 2.33. The first-order valence-electron chi connectivity index (χ1n) is 7.54. The third-order valence-corrected chi connectivity index (χ3v) is 4.83. The molecule has 1 heterocycles. The van der Waals surface area contributed by atoms with Crippen LogP contribution in [0.3, 0.4) is 0 Å². The fraction of sp³-hybridized carbons (Fsp3) is 0.105. The number of hydrogen-bond acceptors (Lipinski definition) is 4. The normalized spacial score (nSPS) is 10.7. The number of benzene rings is 2. The van der Waals surface area contributed by atoms with Crippen LogP contribution in [0.4, 0.5) is 0 Å². The predicted octanol–water partition coefficient (Wildman–Crippen LogP) is 5.73. The molecule has 2 aromatic carbocycles. The molecule has 0 fully saturated rings. The first-order valence-corrected chi connectivity index (χ1v) is 9.28. The molecule has 0 saturated carbocycles. The van der Waals surface area contributed by atoms with E-state index in [9.17, 15) is 4.79 Å². The van der Waals surface area contributed by atoms with E-state index >= 15 is 0 Å². The zero-order valence-corrected chi connectivity index (χ0v) is 15.7. The van der Waals surface area contributed by atoms with E-state index in [-0.39, 0.29) is 5.78 Å². The Hall–Kier alpha value is -1.88. The van der Waals surface area contributed by atoms with Gasteiger partial charge in [0.05, 0.1) is 5.75 Å². The first-order chi connectivity index (χ1) is 12.0. The monoisotopic (exact) mass is 388 g/mol. The van der Waals surface area contributed by atoms with Crippen LogP contribution in [0.2, 0.25) is 10.0 Å². The maximum absolute atomic E-state index is 12.3. The molecule has 0 saturated heterocycles. The lowest BCUT2D eigenvalue weighted by molar-refractivity contribution is 0.102. The number of aryl methyl sites for hydroxylation is 1. The van der Waals surface area contributed by atoms with Gasteiger partial charge in [0.2, 0.25) is 0 Å². The predicted molar refractivity (Wildman–Crippen MR) is 104 cm³/mol. The summed E-state index contributed by atoms with van der Waals surface area (Å²) >= 11 is 13.3. The van der Waals surface area contributed by atoms with Crippen molar-refractivity contribution in [1.29, 1.82) is 0 Å². The van der Waals surface area contributed by atoms with Crippen LogP contribution in [0.5, 0.6) is 0 Å². The molecular weight excluding hydrogens is 375 g/mol. The average Bonchev–Trinajstić information content (AvgIpc) is 2.60. The number of ketones is 1. The Kier molecular flexibility index (Phi) is 5.74. The van der Waals surface area contributed by atoms with Gasteiger partial charge in [-0.05, 0) is 49.4 Å². The lowest BCUT2D eigenvalue weighted by Crippen LogP contribution is -2.03. The van der Waals surface area contributed by atoms with E-state index in [1.165, 1.54) is 11.8 Å². The molecule has 126 valence electrons. The Balaban J connectivity index is 1.76. The largest absolute Gasteiger partial charge is 0.293 e. The van der Waals surface area contributed by atoms with Crippen molar-refractivity contribution < 1.29 is 4.79 Å². The molecule has 0 aliphatic carbocycles. The van der Waals surface area contributed by atoms with Gasteiger partial charge in [-0.3, -0.25) is 4.79 Å². The molecule has 3 nitrogen and oxygen atoms in total. The van der Waals surface area contributed by atoms with Gasteiger partial charge in [-0.2, -0.15) is 0 Å². The lowest BCUT2D eigenvalue weighted by Gasteiger charge is -2.06. The number of hydrogen-bond donors (Lipinski definition) is 0. The van der Waals surface area contributed by atoms with Crippen molar-refractivity contribution in [2.24, 2.45) is 0 Å². The Morgan fingerprint density at radius 3 is 2.48 bits per heavy atom. The van der Waals surface area contributed by atoms with Gasteiger partial charge < -0.3 is 0 Å². The molecule has 25 heavy (non-hydrogen) atoms. The van der Waals surface area contributed by atoms with Gasteiger partial charge in [0.25, 0.3) is 0 Å². The Morgan fingerprint density at radius 1 is 1.00 bits per heavy atom. The summed E-state index contributed by atoms with van der Waals surface area (Å²) < 4.78 is 0. The number of carbonyl (C=O) groups is 1. The van der Waals surface area contributed by atoms with Crippen molar-refractivity contribution in [1.82, 2.24) is 9.97 Å². The Morgan fingerprint density at radius 2 is 1.76 bits per heavy atom. The summed E-state index contributed by atoms with van der Waals surface area (Å²) in [5, 5.41) is 2.00. The standard InChI is InChI=1S/C19H14Cl2N2OS/c1-12-9-18(23-19(22-12)14-3-2-4-16(21)10-14)25-11-17(24)13-5-7-15(20)8-6-13/h2-10H,11H2,1H3. The molecule has 0 unspecified atom stereocenters. The van der Waals surface area contributed by atoms with E-state index in [1.54, 1.807) is 30.3 Å². The molecule has 0 aliphatic heterocycles. The van der Waals surface area contributed by atoms with Gasteiger partial charge in [-0.15, -0.1) is 0 Å². The Bertz CT molecular complexity index is 914. The van der Waals surface area contributed by atoms with Gasteiger partial charge in [-0.25, -0.2) is 9.97 Å². The molecule has 3 aromatic rings. The maximum atomic E-state index is 12.3. The van der Waals surface area contributed by atoms with E-state index in [0.717, 1.165) is 16.3 Å². The molecule has 0 amide bonds. The summed E-state index contributed by atoms with van der Waals surface area (Å²) in [6.07, 6.45) is 0.